The van der Waals surface area contributed by atoms with E-state index >= 15 is 0 Å². The molecule has 2 aromatic heterocycles. The summed E-state index contributed by atoms with van der Waals surface area (Å²) in [5.74, 6) is 0.0684. The van der Waals surface area contributed by atoms with Gasteiger partial charge >= 0.3 is 0 Å². The molecule has 8 nitrogen and oxygen atoms in total. The minimum atomic E-state index is 0.0684. The molecule has 2 aliphatic heterocycles. The van der Waals surface area contributed by atoms with Crippen molar-refractivity contribution >= 4 is 5.91 Å². The van der Waals surface area contributed by atoms with Crippen molar-refractivity contribution in [3.8, 4) is 11.3 Å². The molecule has 222 valence electrons. The van der Waals surface area contributed by atoms with E-state index in [0.29, 0.717) is 11.6 Å². The van der Waals surface area contributed by atoms with Crippen molar-refractivity contribution in [2.45, 2.75) is 77.6 Å². The third-order valence-corrected chi connectivity index (χ3v) is 9.94. The second-order valence-electron chi connectivity index (χ2n) is 12.5. The van der Waals surface area contributed by atoms with Gasteiger partial charge in [0.1, 0.15) is 6.33 Å². The van der Waals surface area contributed by atoms with E-state index < -0.39 is 0 Å². The lowest BCUT2D eigenvalue weighted by Crippen LogP contribution is -2.62. The van der Waals surface area contributed by atoms with E-state index in [9.17, 15) is 4.79 Å². The summed E-state index contributed by atoms with van der Waals surface area (Å²) in [6.45, 7) is 16.0. The second-order valence-corrected chi connectivity index (χ2v) is 12.5. The molecule has 0 bridgehead atoms. The first-order chi connectivity index (χ1) is 20.3. The van der Waals surface area contributed by atoms with Crippen LogP contribution in [0, 0.1) is 13.8 Å². The van der Waals surface area contributed by atoms with E-state index in [4.69, 9.17) is 4.74 Å². The lowest BCUT2D eigenvalue weighted by molar-refractivity contribution is -0.0630. The van der Waals surface area contributed by atoms with Crippen LogP contribution in [0.1, 0.15) is 72.5 Å². The highest BCUT2D eigenvalue weighted by Gasteiger charge is 2.44. The van der Waals surface area contributed by atoms with Crippen molar-refractivity contribution in [3.63, 3.8) is 0 Å². The van der Waals surface area contributed by atoms with Gasteiger partial charge in [-0.05, 0) is 76.8 Å². The Morgan fingerprint density at radius 2 is 1.79 bits per heavy atom. The van der Waals surface area contributed by atoms with E-state index in [1.54, 1.807) is 0 Å². The fraction of sp³-hybridized carbons (Fsp3) is 0.529. The molecular weight excluding hydrogens is 524 g/mol. The number of pyridine rings is 1. The first kappa shape index (κ1) is 28.9. The topological polar surface area (TPSA) is 74.7 Å². The Morgan fingerprint density at radius 3 is 2.45 bits per heavy atom. The summed E-state index contributed by atoms with van der Waals surface area (Å²) in [6.07, 6.45) is 6.45. The molecule has 0 unspecified atom stereocenters. The standard InChI is InChI=1S/C34H44N6O2/c1-6-42-30-20-27-19-26(29-9-7-8-14-35-29)10-11-28(27)32(30)40-18-17-39(21-23(40)2)34(5)12-15-38(16-13-34)33(41)31-24(3)36-22-37-25(31)4/h7-11,14,19,22-23,30,32H,6,12-13,15-18,20-21H2,1-5H3/t23-,30+,32+/m0/s1. The van der Waals surface area contributed by atoms with Gasteiger partial charge < -0.3 is 9.64 Å². The molecule has 6 rings (SSSR count). The Labute approximate surface area is 250 Å². The zero-order valence-electron chi connectivity index (χ0n) is 25.7. The van der Waals surface area contributed by atoms with Crippen molar-refractivity contribution in [1.82, 2.24) is 29.7 Å². The van der Waals surface area contributed by atoms with Gasteiger partial charge in [0.05, 0.1) is 34.8 Å². The Bertz CT molecular complexity index is 1400. The van der Waals surface area contributed by atoms with Crippen LogP contribution in [0.2, 0.25) is 0 Å². The van der Waals surface area contributed by atoms with E-state index in [1.807, 2.05) is 37.1 Å². The molecule has 2 fully saturated rings. The number of likely N-dealkylation sites (tertiary alicyclic amines) is 1. The van der Waals surface area contributed by atoms with Crippen LogP contribution in [0.15, 0.2) is 48.9 Å². The molecule has 8 heteroatoms. The number of piperidine rings is 1. The van der Waals surface area contributed by atoms with Gasteiger partial charge in [-0.2, -0.15) is 0 Å². The third kappa shape index (κ3) is 5.36. The largest absolute Gasteiger partial charge is 0.376 e. The number of carbonyl (C=O) groups excluding carboxylic acids is 1. The molecule has 42 heavy (non-hydrogen) atoms. The zero-order chi connectivity index (χ0) is 29.4. The van der Waals surface area contributed by atoms with Crippen LogP contribution in [0.4, 0.5) is 0 Å². The summed E-state index contributed by atoms with van der Waals surface area (Å²) in [5.41, 5.74) is 7.25. The predicted octanol–water partition coefficient (Wildman–Crippen LogP) is 4.86. The van der Waals surface area contributed by atoms with Gasteiger partial charge in [0.25, 0.3) is 5.91 Å². The average molecular weight is 569 g/mol. The summed E-state index contributed by atoms with van der Waals surface area (Å²) in [7, 11) is 0. The second kappa shape index (κ2) is 11.8. The predicted molar refractivity (Wildman–Crippen MR) is 164 cm³/mol. The molecule has 2 saturated heterocycles. The molecule has 0 N–H and O–H groups in total. The van der Waals surface area contributed by atoms with Gasteiger partial charge in [-0.1, -0.05) is 18.2 Å². The number of aryl methyl sites for hydroxylation is 2. The summed E-state index contributed by atoms with van der Waals surface area (Å²) in [5, 5.41) is 0. The molecule has 4 heterocycles. The number of hydrogen-bond donors (Lipinski definition) is 0. The molecule has 3 aliphatic rings. The van der Waals surface area contributed by atoms with E-state index in [2.05, 4.69) is 69.8 Å². The number of aromatic nitrogens is 3. The van der Waals surface area contributed by atoms with Crippen molar-refractivity contribution < 1.29 is 9.53 Å². The van der Waals surface area contributed by atoms with Crippen LogP contribution >= 0.6 is 0 Å². The van der Waals surface area contributed by atoms with Crippen LogP contribution < -0.4 is 0 Å². The first-order valence-corrected chi connectivity index (χ1v) is 15.5. The number of rotatable bonds is 6. The zero-order valence-corrected chi connectivity index (χ0v) is 25.7. The maximum Gasteiger partial charge on any atom is 0.257 e. The quantitative estimate of drug-likeness (QED) is 0.421. The normalized spacial score (nSPS) is 24.5. The van der Waals surface area contributed by atoms with Gasteiger partial charge in [0.15, 0.2) is 0 Å². The lowest BCUT2D eigenvalue weighted by Gasteiger charge is -2.53. The van der Waals surface area contributed by atoms with E-state index in [-0.39, 0.29) is 23.6 Å². The molecule has 1 aromatic carbocycles. The van der Waals surface area contributed by atoms with Crippen molar-refractivity contribution in [2.24, 2.45) is 0 Å². The molecule has 0 spiro atoms. The van der Waals surface area contributed by atoms with Crippen LogP contribution in [-0.4, -0.2) is 92.6 Å². The van der Waals surface area contributed by atoms with Gasteiger partial charge in [-0.25, -0.2) is 9.97 Å². The Morgan fingerprint density at radius 1 is 1.02 bits per heavy atom. The van der Waals surface area contributed by atoms with Gasteiger partial charge in [0, 0.05) is 69.1 Å². The molecule has 0 radical (unpaired) electrons. The highest BCUT2D eigenvalue weighted by atomic mass is 16.5. The van der Waals surface area contributed by atoms with Crippen LogP contribution in [0.5, 0.6) is 0 Å². The maximum absolute atomic E-state index is 13.4. The molecule has 3 aromatic rings. The highest BCUT2D eigenvalue weighted by molar-refractivity contribution is 5.96. The summed E-state index contributed by atoms with van der Waals surface area (Å²) in [6, 6.07) is 13.6. The Kier molecular flexibility index (Phi) is 8.13. The lowest BCUT2D eigenvalue weighted by atomic mass is 9.86. The first-order valence-electron chi connectivity index (χ1n) is 15.5. The number of fused-ring (bicyclic) bond motifs is 1. The van der Waals surface area contributed by atoms with Crippen molar-refractivity contribution in [2.75, 3.05) is 39.3 Å². The number of nitrogens with zero attached hydrogens (tertiary/aromatic N) is 6. The number of ether oxygens (including phenoxy) is 1. The number of carbonyl (C=O) groups is 1. The monoisotopic (exact) mass is 568 g/mol. The smallest absolute Gasteiger partial charge is 0.257 e. The van der Waals surface area contributed by atoms with Crippen LogP contribution in [-0.2, 0) is 11.2 Å². The minimum Gasteiger partial charge on any atom is -0.376 e. The Hall–Kier alpha value is -3.20. The van der Waals surface area contributed by atoms with Gasteiger partial charge in [-0.3, -0.25) is 19.6 Å². The third-order valence-electron chi connectivity index (χ3n) is 9.94. The fourth-order valence-electron chi connectivity index (χ4n) is 7.49. The molecule has 0 saturated carbocycles. The van der Waals surface area contributed by atoms with Crippen molar-refractivity contribution in [1.29, 1.82) is 0 Å². The summed E-state index contributed by atoms with van der Waals surface area (Å²) >= 11 is 0. The summed E-state index contributed by atoms with van der Waals surface area (Å²) in [4.78, 5) is 33.9. The highest BCUT2D eigenvalue weighted by Crippen LogP contribution is 2.42. The number of piperazine rings is 1. The average Bonchev–Trinajstić information content (AvgIpc) is 3.35. The van der Waals surface area contributed by atoms with E-state index in [1.165, 1.54) is 23.0 Å². The number of amides is 1. The number of hydrogen-bond acceptors (Lipinski definition) is 7. The van der Waals surface area contributed by atoms with Gasteiger partial charge in [-0.15, -0.1) is 0 Å². The Balaban J connectivity index is 1.14. The molecule has 1 amide bonds. The molecule has 3 atom stereocenters. The summed E-state index contributed by atoms with van der Waals surface area (Å²) < 4.78 is 6.38. The maximum atomic E-state index is 13.4. The van der Waals surface area contributed by atoms with E-state index in [0.717, 1.165) is 75.7 Å². The fourth-order valence-corrected chi connectivity index (χ4v) is 7.49. The van der Waals surface area contributed by atoms with Crippen LogP contribution in [0.3, 0.4) is 0 Å². The minimum absolute atomic E-state index is 0.0684. The SMILES string of the molecule is CCO[C@@H]1Cc2cc(-c3ccccn3)ccc2[C@H]1N1CCN(C2(C)CCN(C(=O)c3c(C)ncnc3C)CC2)C[C@@H]1C. The van der Waals surface area contributed by atoms with Crippen LogP contribution in [0.25, 0.3) is 11.3 Å². The molecular formula is C34H44N6O2. The number of benzene rings is 1. The molecule has 1 aliphatic carbocycles. The van der Waals surface area contributed by atoms with Gasteiger partial charge in [0.2, 0.25) is 0 Å². The van der Waals surface area contributed by atoms with Crippen molar-refractivity contribution in [3.05, 3.63) is 77.0 Å².